The van der Waals surface area contributed by atoms with Gasteiger partial charge in [-0.25, -0.2) is 4.68 Å². The number of nitrogens with zero attached hydrogens (tertiary/aromatic N) is 4. The van der Waals surface area contributed by atoms with Crippen molar-refractivity contribution >= 4 is 5.91 Å². The highest BCUT2D eigenvalue weighted by atomic mass is 16.5. The van der Waals surface area contributed by atoms with E-state index in [-0.39, 0.29) is 12.5 Å². The first-order valence-corrected chi connectivity index (χ1v) is 8.90. The van der Waals surface area contributed by atoms with Gasteiger partial charge in [0.25, 0.3) is 5.91 Å². The summed E-state index contributed by atoms with van der Waals surface area (Å²) in [5, 5.41) is 11.2. The van der Waals surface area contributed by atoms with E-state index in [1.54, 1.807) is 6.20 Å². The zero-order valence-corrected chi connectivity index (χ0v) is 14.9. The van der Waals surface area contributed by atoms with Gasteiger partial charge in [0.05, 0.1) is 29.7 Å². The second-order valence-electron chi connectivity index (χ2n) is 6.61. The number of rotatable bonds is 6. The Morgan fingerprint density at radius 2 is 2.08 bits per heavy atom. The lowest BCUT2D eigenvalue weighted by Crippen LogP contribution is -2.24. The first-order valence-electron chi connectivity index (χ1n) is 8.90. The van der Waals surface area contributed by atoms with E-state index in [1.807, 2.05) is 42.8 Å². The molecule has 134 valence electrons. The van der Waals surface area contributed by atoms with Gasteiger partial charge in [0.1, 0.15) is 0 Å². The van der Waals surface area contributed by atoms with Crippen molar-refractivity contribution in [1.82, 2.24) is 25.2 Å². The normalized spacial score (nSPS) is 13.8. The minimum atomic E-state index is -0.189. The van der Waals surface area contributed by atoms with Crippen molar-refractivity contribution in [3.05, 3.63) is 59.0 Å². The van der Waals surface area contributed by atoms with Gasteiger partial charge in [0, 0.05) is 5.92 Å². The van der Waals surface area contributed by atoms with Crippen LogP contribution in [0.25, 0.3) is 5.69 Å². The maximum absolute atomic E-state index is 12.6. The highest BCUT2D eigenvalue weighted by Crippen LogP contribution is 2.38. The Hall–Kier alpha value is -2.96. The topological polar surface area (TPSA) is 85.8 Å². The standard InChI is InChI=1S/C19H21N5O2/c1-3-16-15(10-21-24(16)14-8-4-12(2)5-9-14)19(25)20-11-17-22-18(23-26-17)13-6-7-13/h4-5,8-10,13H,3,6-7,11H2,1-2H3,(H,20,25). The average molecular weight is 351 g/mol. The zero-order valence-electron chi connectivity index (χ0n) is 14.9. The minimum absolute atomic E-state index is 0.189. The van der Waals surface area contributed by atoms with Gasteiger partial charge < -0.3 is 9.84 Å². The molecule has 26 heavy (non-hydrogen) atoms. The molecule has 4 rings (SSSR count). The summed E-state index contributed by atoms with van der Waals surface area (Å²) in [7, 11) is 0. The monoisotopic (exact) mass is 351 g/mol. The molecule has 0 bridgehead atoms. The number of carbonyl (C=O) groups excluding carboxylic acids is 1. The first kappa shape index (κ1) is 16.5. The van der Waals surface area contributed by atoms with Crippen LogP contribution in [0.15, 0.2) is 35.0 Å². The third kappa shape index (κ3) is 3.24. The lowest BCUT2D eigenvalue weighted by atomic mass is 10.1. The average Bonchev–Trinajstić information content (AvgIpc) is 3.24. The van der Waals surface area contributed by atoms with Gasteiger partial charge in [-0.15, -0.1) is 0 Å². The van der Waals surface area contributed by atoms with Gasteiger partial charge in [-0.2, -0.15) is 10.1 Å². The molecule has 7 heteroatoms. The molecule has 0 radical (unpaired) electrons. The molecule has 0 aliphatic heterocycles. The molecular formula is C19H21N5O2. The lowest BCUT2D eigenvalue weighted by molar-refractivity contribution is 0.0945. The van der Waals surface area contributed by atoms with Crippen LogP contribution in [0.1, 0.15) is 59.0 Å². The number of aromatic nitrogens is 4. The van der Waals surface area contributed by atoms with Crippen LogP contribution in [-0.2, 0) is 13.0 Å². The number of carbonyl (C=O) groups is 1. The Kier molecular flexibility index (Phi) is 4.28. The second kappa shape index (κ2) is 6.74. The van der Waals surface area contributed by atoms with E-state index in [4.69, 9.17) is 4.52 Å². The number of hydrogen-bond donors (Lipinski definition) is 1. The smallest absolute Gasteiger partial charge is 0.255 e. The highest BCUT2D eigenvalue weighted by molar-refractivity contribution is 5.95. The third-order valence-corrected chi connectivity index (χ3v) is 4.55. The summed E-state index contributed by atoms with van der Waals surface area (Å²) in [6, 6.07) is 8.06. The molecule has 1 saturated carbocycles. The predicted octanol–water partition coefficient (Wildman–Crippen LogP) is 2.93. The van der Waals surface area contributed by atoms with E-state index in [1.165, 1.54) is 5.56 Å². The van der Waals surface area contributed by atoms with Crippen molar-refractivity contribution in [3.8, 4) is 5.69 Å². The fraction of sp³-hybridized carbons (Fsp3) is 0.368. The van der Waals surface area contributed by atoms with Gasteiger partial charge in [0.15, 0.2) is 5.82 Å². The van der Waals surface area contributed by atoms with E-state index in [0.717, 1.165) is 30.0 Å². The molecule has 1 aromatic carbocycles. The van der Waals surface area contributed by atoms with Crippen LogP contribution in [-0.4, -0.2) is 25.8 Å². The Labute approximate surface area is 151 Å². The summed E-state index contributed by atoms with van der Waals surface area (Å²) in [4.78, 5) is 16.9. The van der Waals surface area contributed by atoms with Gasteiger partial charge >= 0.3 is 0 Å². The van der Waals surface area contributed by atoms with Crippen LogP contribution < -0.4 is 5.32 Å². The van der Waals surface area contributed by atoms with E-state index >= 15 is 0 Å². The van der Waals surface area contributed by atoms with Crippen molar-refractivity contribution in [2.45, 2.75) is 45.6 Å². The number of amides is 1. The Morgan fingerprint density at radius 1 is 1.31 bits per heavy atom. The number of hydrogen-bond acceptors (Lipinski definition) is 5. The maximum atomic E-state index is 12.6. The molecule has 1 fully saturated rings. The molecular weight excluding hydrogens is 330 g/mol. The third-order valence-electron chi connectivity index (χ3n) is 4.55. The summed E-state index contributed by atoms with van der Waals surface area (Å²) < 4.78 is 7.01. The quantitative estimate of drug-likeness (QED) is 0.738. The predicted molar refractivity (Wildman–Crippen MR) is 95.1 cm³/mol. The van der Waals surface area contributed by atoms with Crippen molar-refractivity contribution < 1.29 is 9.32 Å². The largest absolute Gasteiger partial charge is 0.343 e. The molecule has 1 N–H and O–H groups in total. The van der Waals surface area contributed by atoms with Gasteiger partial charge in [0.2, 0.25) is 5.89 Å². The van der Waals surface area contributed by atoms with Crippen molar-refractivity contribution in [2.24, 2.45) is 0 Å². The van der Waals surface area contributed by atoms with Crippen LogP contribution in [0.3, 0.4) is 0 Å². The van der Waals surface area contributed by atoms with Crippen LogP contribution in [0.5, 0.6) is 0 Å². The van der Waals surface area contributed by atoms with E-state index in [9.17, 15) is 4.79 Å². The number of nitrogens with one attached hydrogen (secondary N) is 1. The van der Waals surface area contributed by atoms with E-state index < -0.39 is 0 Å². The van der Waals surface area contributed by atoms with Crippen LogP contribution in [0.4, 0.5) is 0 Å². The van der Waals surface area contributed by atoms with Crippen molar-refractivity contribution in [3.63, 3.8) is 0 Å². The summed E-state index contributed by atoms with van der Waals surface area (Å²) >= 11 is 0. The summed E-state index contributed by atoms with van der Waals surface area (Å²) in [6.07, 6.45) is 4.53. The van der Waals surface area contributed by atoms with E-state index in [0.29, 0.717) is 23.8 Å². The maximum Gasteiger partial charge on any atom is 0.255 e. The number of aryl methyl sites for hydroxylation is 1. The summed E-state index contributed by atoms with van der Waals surface area (Å²) in [5.74, 6) is 1.42. The Bertz CT molecular complexity index is 922. The van der Waals surface area contributed by atoms with Gasteiger partial charge in [-0.3, -0.25) is 4.79 Å². The number of benzene rings is 1. The minimum Gasteiger partial charge on any atom is -0.343 e. The summed E-state index contributed by atoms with van der Waals surface area (Å²) in [6.45, 7) is 4.27. The van der Waals surface area contributed by atoms with Crippen LogP contribution in [0.2, 0.25) is 0 Å². The molecule has 0 spiro atoms. The highest BCUT2D eigenvalue weighted by Gasteiger charge is 2.28. The zero-order chi connectivity index (χ0) is 18.1. The fourth-order valence-corrected chi connectivity index (χ4v) is 2.91. The molecule has 0 atom stereocenters. The molecule has 2 heterocycles. The van der Waals surface area contributed by atoms with Crippen LogP contribution in [0, 0.1) is 6.92 Å². The molecule has 1 amide bonds. The van der Waals surface area contributed by atoms with Crippen molar-refractivity contribution in [2.75, 3.05) is 0 Å². The van der Waals surface area contributed by atoms with Gasteiger partial charge in [-0.05, 0) is 38.3 Å². The van der Waals surface area contributed by atoms with Crippen molar-refractivity contribution in [1.29, 1.82) is 0 Å². The molecule has 0 unspecified atom stereocenters. The Morgan fingerprint density at radius 3 is 2.77 bits per heavy atom. The fourth-order valence-electron chi connectivity index (χ4n) is 2.91. The molecule has 7 nitrogen and oxygen atoms in total. The van der Waals surface area contributed by atoms with Crippen LogP contribution >= 0.6 is 0 Å². The molecule has 1 aliphatic rings. The molecule has 2 aromatic heterocycles. The molecule has 1 aliphatic carbocycles. The molecule has 3 aromatic rings. The first-order chi connectivity index (χ1) is 12.7. The lowest BCUT2D eigenvalue weighted by Gasteiger charge is -2.08. The van der Waals surface area contributed by atoms with E-state index in [2.05, 4.69) is 20.6 Å². The van der Waals surface area contributed by atoms with Gasteiger partial charge in [-0.1, -0.05) is 29.8 Å². The molecule has 0 saturated heterocycles. The summed E-state index contributed by atoms with van der Waals surface area (Å²) in [5.41, 5.74) is 3.56. The Balaban J connectivity index is 1.49. The SMILES string of the molecule is CCc1c(C(=O)NCc2nc(C3CC3)no2)cnn1-c1ccc(C)cc1. The second-order valence-corrected chi connectivity index (χ2v) is 6.61.